The van der Waals surface area contributed by atoms with E-state index in [0.29, 0.717) is 19.8 Å². The van der Waals surface area contributed by atoms with Crippen molar-refractivity contribution in [3.63, 3.8) is 0 Å². The molecule has 1 aliphatic heterocycles. The maximum Gasteiger partial charge on any atom is 0.118 e. The van der Waals surface area contributed by atoms with Gasteiger partial charge in [0.1, 0.15) is 5.75 Å². The van der Waals surface area contributed by atoms with Crippen LogP contribution in [0.15, 0.2) is 91.0 Å². The highest BCUT2D eigenvalue weighted by Crippen LogP contribution is 2.42. The summed E-state index contributed by atoms with van der Waals surface area (Å²) in [6, 6.07) is 31.3. The zero-order valence-electron chi connectivity index (χ0n) is 24.3. The lowest BCUT2D eigenvalue weighted by Crippen LogP contribution is -2.36. The molecule has 3 atom stereocenters. The largest absolute Gasteiger partial charge is 0.497 e. The van der Waals surface area contributed by atoms with Crippen molar-refractivity contribution in [1.82, 2.24) is 0 Å². The van der Waals surface area contributed by atoms with Crippen LogP contribution in [0.1, 0.15) is 64.3 Å². The fourth-order valence-corrected chi connectivity index (χ4v) is 6.63. The van der Waals surface area contributed by atoms with Gasteiger partial charge in [-0.2, -0.15) is 0 Å². The number of methoxy groups -OCH3 is 1. The lowest BCUT2D eigenvalue weighted by Gasteiger charge is -2.36. The molecule has 218 valence electrons. The zero-order chi connectivity index (χ0) is 28.7. The summed E-state index contributed by atoms with van der Waals surface area (Å²) in [5, 5.41) is 0.914. The van der Waals surface area contributed by atoms with Crippen molar-refractivity contribution >= 4 is 11.6 Å². The first kappa shape index (κ1) is 28.9. The molecule has 4 nitrogen and oxygen atoms in total. The molecule has 0 saturated carbocycles. The van der Waals surface area contributed by atoms with Crippen LogP contribution in [-0.4, -0.2) is 25.9 Å². The van der Waals surface area contributed by atoms with Gasteiger partial charge < -0.3 is 18.9 Å². The minimum absolute atomic E-state index is 0.0500. The van der Waals surface area contributed by atoms with E-state index >= 15 is 0 Å². The fraction of sp³-hybridized carbons (Fsp3) is 0.351. The number of halogens is 1. The molecule has 6 rings (SSSR count). The lowest BCUT2D eigenvalue weighted by atomic mass is 9.88. The van der Waals surface area contributed by atoms with Crippen LogP contribution in [0.3, 0.4) is 0 Å². The van der Waals surface area contributed by atoms with Gasteiger partial charge in [-0.1, -0.05) is 90.5 Å². The third kappa shape index (κ3) is 7.07. The molecular weight excluding hydrogens is 544 g/mol. The normalized spacial score (nSPS) is 19.9. The van der Waals surface area contributed by atoms with Crippen molar-refractivity contribution in [2.24, 2.45) is 0 Å². The Labute approximate surface area is 254 Å². The van der Waals surface area contributed by atoms with Gasteiger partial charge in [-0.25, -0.2) is 0 Å². The maximum absolute atomic E-state index is 7.06. The molecule has 4 aromatic rings. The molecule has 1 saturated heterocycles. The molecule has 0 spiro atoms. The number of fused-ring (bicyclic) bond motifs is 1. The molecule has 0 N–H and O–H groups in total. The zero-order valence-corrected chi connectivity index (χ0v) is 25.0. The van der Waals surface area contributed by atoms with Crippen LogP contribution >= 0.6 is 11.6 Å². The average Bonchev–Trinajstić information content (AvgIpc) is 3.53. The first-order valence-electron chi connectivity index (χ1n) is 15.0. The van der Waals surface area contributed by atoms with Crippen molar-refractivity contribution in [2.45, 2.75) is 70.1 Å². The van der Waals surface area contributed by atoms with Gasteiger partial charge in [-0.05, 0) is 76.8 Å². The van der Waals surface area contributed by atoms with Gasteiger partial charge in [-0.15, -0.1) is 0 Å². The summed E-state index contributed by atoms with van der Waals surface area (Å²) in [6.07, 6.45) is 5.54. The molecule has 2 aliphatic rings. The highest BCUT2D eigenvalue weighted by molar-refractivity contribution is 6.32. The lowest BCUT2D eigenvalue weighted by molar-refractivity contribution is -0.142. The Morgan fingerprint density at radius 1 is 0.786 bits per heavy atom. The van der Waals surface area contributed by atoms with Crippen LogP contribution in [-0.2, 0) is 46.7 Å². The van der Waals surface area contributed by atoms with Crippen LogP contribution in [0.25, 0.3) is 0 Å². The molecular formula is C37H39ClO4. The number of ether oxygens (including phenoxy) is 4. The second-order valence-electron chi connectivity index (χ2n) is 11.4. The minimum Gasteiger partial charge on any atom is -0.497 e. The molecule has 1 fully saturated rings. The molecule has 5 heteroatoms. The predicted molar refractivity (Wildman–Crippen MR) is 167 cm³/mol. The van der Waals surface area contributed by atoms with Gasteiger partial charge in [-0.3, -0.25) is 0 Å². The van der Waals surface area contributed by atoms with Gasteiger partial charge >= 0.3 is 0 Å². The van der Waals surface area contributed by atoms with E-state index in [1.165, 1.54) is 33.4 Å². The monoisotopic (exact) mass is 582 g/mol. The highest BCUT2D eigenvalue weighted by atomic mass is 35.5. The van der Waals surface area contributed by atoms with Crippen molar-refractivity contribution < 1.29 is 18.9 Å². The maximum atomic E-state index is 7.06. The van der Waals surface area contributed by atoms with E-state index < -0.39 is 0 Å². The van der Waals surface area contributed by atoms with Crippen LogP contribution in [0, 0.1) is 0 Å². The molecule has 1 heterocycles. The summed E-state index contributed by atoms with van der Waals surface area (Å²) >= 11 is 7.06. The van der Waals surface area contributed by atoms with E-state index in [1.807, 2.05) is 36.4 Å². The Bertz CT molecular complexity index is 1440. The van der Waals surface area contributed by atoms with Gasteiger partial charge in [0.15, 0.2) is 0 Å². The summed E-state index contributed by atoms with van der Waals surface area (Å²) in [5.74, 6) is 0.858. The summed E-state index contributed by atoms with van der Waals surface area (Å²) in [7, 11) is 1.69. The Balaban J connectivity index is 1.24. The quantitative estimate of drug-likeness (QED) is 0.178. The number of hydrogen-bond donors (Lipinski definition) is 0. The van der Waals surface area contributed by atoms with Crippen molar-refractivity contribution in [1.29, 1.82) is 0 Å². The number of rotatable bonds is 11. The van der Waals surface area contributed by atoms with E-state index in [2.05, 4.69) is 54.6 Å². The Hall–Kier alpha value is -3.15. The summed E-state index contributed by atoms with van der Waals surface area (Å²) in [6.45, 7) is 1.70. The topological polar surface area (TPSA) is 36.9 Å². The van der Waals surface area contributed by atoms with E-state index in [4.69, 9.17) is 30.5 Å². The van der Waals surface area contributed by atoms with Crippen LogP contribution in [0.2, 0.25) is 5.02 Å². The molecule has 42 heavy (non-hydrogen) atoms. The summed E-state index contributed by atoms with van der Waals surface area (Å²) in [4.78, 5) is 0. The van der Waals surface area contributed by atoms with E-state index in [9.17, 15) is 0 Å². The van der Waals surface area contributed by atoms with E-state index in [1.54, 1.807) is 7.11 Å². The standard InChI is InChI=1S/C37H39ClO4/c1-39-30-17-15-26(16-18-30)19-29-20-35(33-13-8-14-34(33)37(29)38)36-22-31(41-24-28-11-6-3-7-12-28)21-32(42-36)25-40-23-27-9-4-2-5-10-27/h2-7,9-12,15-18,20,31-32,36H,8,13-14,19,21-25H2,1H3. The smallest absolute Gasteiger partial charge is 0.118 e. The molecule has 3 unspecified atom stereocenters. The van der Waals surface area contributed by atoms with Crippen LogP contribution in [0.5, 0.6) is 5.75 Å². The fourth-order valence-electron chi connectivity index (χ4n) is 6.30. The van der Waals surface area contributed by atoms with E-state index in [0.717, 1.165) is 54.9 Å². The summed E-state index contributed by atoms with van der Waals surface area (Å²) < 4.78 is 24.9. The minimum atomic E-state index is -0.0661. The van der Waals surface area contributed by atoms with Gasteiger partial charge in [0, 0.05) is 17.9 Å². The predicted octanol–water partition coefficient (Wildman–Crippen LogP) is 8.45. The number of benzene rings is 4. The summed E-state index contributed by atoms with van der Waals surface area (Å²) in [5.41, 5.74) is 8.66. The first-order valence-corrected chi connectivity index (χ1v) is 15.4. The van der Waals surface area contributed by atoms with Crippen LogP contribution in [0.4, 0.5) is 0 Å². The molecule has 0 amide bonds. The van der Waals surface area contributed by atoms with Crippen molar-refractivity contribution in [2.75, 3.05) is 13.7 Å². The van der Waals surface area contributed by atoms with Gasteiger partial charge in [0.2, 0.25) is 0 Å². The molecule has 0 radical (unpaired) electrons. The third-order valence-electron chi connectivity index (χ3n) is 8.45. The second-order valence-corrected chi connectivity index (χ2v) is 11.8. The second kappa shape index (κ2) is 13.9. The molecule has 1 aliphatic carbocycles. The van der Waals surface area contributed by atoms with E-state index in [-0.39, 0.29) is 18.3 Å². The Morgan fingerprint density at radius 2 is 1.48 bits per heavy atom. The average molecular weight is 583 g/mol. The van der Waals surface area contributed by atoms with Crippen molar-refractivity contribution in [3.05, 3.63) is 135 Å². The highest BCUT2D eigenvalue weighted by Gasteiger charge is 2.34. The Kier molecular flexibility index (Phi) is 9.57. The van der Waals surface area contributed by atoms with Crippen molar-refractivity contribution in [3.8, 4) is 5.75 Å². The first-order chi connectivity index (χ1) is 20.7. The molecule has 0 bridgehead atoms. The van der Waals surface area contributed by atoms with Gasteiger partial charge in [0.05, 0.1) is 45.2 Å². The molecule has 0 aromatic heterocycles. The van der Waals surface area contributed by atoms with Gasteiger partial charge in [0.25, 0.3) is 0 Å². The number of hydrogen-bond acceptors (Lipinski definition) is 4. The third-order valence-corrected chi connectivity index (χ3v) is 8.92. The van der Waals surface area contributed by atoms with Crippen LogP contribution < -0.4 is 4.74 Å². The Morgan fingerprint density at radius 3 is 2.19 bits per heavy atom. The SMILES string of the molecule is COc1ccc(Cc2cc(C3CC(OCc4ccccc4)CC(COCc4ccccc4)O3)c3c(c2Cl)CCC3)cc1. The molecule has 4 aromatic carbocycles.